The van der Waals surface area contributed by atoms with Crippen molar-refractivity contribution in [2.24, 2.45) is 0 Å². The second kappa shape index (κ2) is 16.2. The zero-order valence-electron chi connectivity index (χ0n) is 36.5. The van der Waals surface area contributed by atoms with E-state index in [0.29, 0.717) is 35.1 Å². The fraction of sp³-hybridized carbons (Fsp3) is 0. The van der Waals surface area contributed by atoms with Gasteiger partial charge in [0.2, 0.25) is 5.95 Å². The standard InChI is InChI=1S/C60H38N8/c1-5-20-39(21-6-1)45-30-13-14-31-46(45)59-64-57(42-26-11-4-12-27-42)65-60(66-59)68-50-35-18-16-33-48(50)54-52(68)37-36-51-53(54)47-32-15-17-34-49(47)67(51)44-29-19-28-43(38-44)58-62-55(40-22-7-2-8-23-40)61-56(63-58)41-24-9-3-10-25-41/h1-38H. The minimum atomic E-state index is 0.542. The maximum absolute atomic E-state index is 5.36. The van der Waals surface area contributed by atoms with Crippen molar-refractivity contribution in [3.63, 3.8) is 0 Å². The maximum atomic E-state index is 5.36. The van der Waals surface area contributed by atoms with E-state index in [1.165, 1.54) is 0 Å². The summed E-state index contributed by atoms with van der Waals surface area (Å²) in [4.78, 5) is 30.9. The molecule has 9 aromatic carbocycles. The monoisotopic (exact) mass is 870 g/mol. The van der Waals surface area contributed by atoms with Gasteiger partial charge in [0.25, 0.3) is 0 Å². The van der Waals surface area contributed by atoms with Crippen molar-refractivity contribution >= 4 is 43.6 Å². The molecule has 8 heteroatoms. The number of benzene rings is 9. The van der Waals surface area contributed by atoms with Crippen LogP contribution in [0.2, 0.25) is 0 Å². The van der Waals surface area contributed by atoms with Crippen LogP contribution in [0.15, 0.2) is 231 Å². The van der Waals surface area contributed by atoms with Gasteiger partial charge in [-0.2, -0.15) is 9.97 Å². The Morgan fingerprint density at radius 3 is 1.22 bits per heavy atom. The first kappa shape index (κ1) is 39.0. The van der Waals surface area contributed by atoms with Gasteiger partial charge in [-0.3, -0.25) is 4.57 Å². The van der Waals surface area contributed by atoms with Crippen molar-refractivity contribution in [2.75, 3.05) is 0 Å². The molecule has 13 rings (SSSR count). The Bertz CT molecular complexity index is 3960. The van der Waals surface area contributed by atoms with E-state index < -0.39 is 0 Å². The molecule has 0 aliphatic heterocycles. The molecule has 0 saturated carbocycles. The zero-order chi connectivity index (χ0) is 45.0. The first-order valence-electron chi connectivity index (χ1n) is 22.6. The van der Waals surface area contributed by atoms with Gasteiger partial charge in [-0.25, -0.2) is 19.9 Å². The fourth-order valence-corrected chi connectivity index (χ4v) is 9.58. The summed E-state index contributed by atoms with van der Waals surface area (Å²) in [6.45, 7) is 0. The van der Waals surface area contributed by atoms with Crippen molar-refractivity contribution in [1.82, 2.24) is 39.0 Å². The number of aromatic nitrogens is 8. The molecule has 0 bridgehead atoms. The van der Waals surface area contributed by atoms with Crippen LogP contribution in [0.4, 0.5) is 0 Å². The van der Waals surface area contributed by atoms with E-state index in [0.717, 1.165) is 88.2 Å². The van der Waals surface area contributed by atoms with E-state index in [4.69, 9.17) is 29.9 Å². The van der Waals surface area contributed by atoms with E-state index in [2.05, 4.69) is 149 Å². The lowest BCUT2D eigenvalue weighted by atomic mass is 9.99. The molecule has 8 nitrogen and oxygen atoms in total. The molecule has 4 heterocycles. The molecular weight excluding hydrogens is 833 g/mol. The lowest BCUT2D eigenvalue weighted by molar-refractivity contribution is 0.954. The summed E-state index contributed by atoms with van der Waals surface area (Å²) in [5.41, 5.74) is 11.9. The minimum absolute atomic E-state index is 0.542. The lowest BCUT2D eigenvalue weighted by Crippen LogP contribution is -2.06. The summed E-state index contributed by atoms with van der Waals surface area (Å²) in [6, 6.07) is 79.3. The SMILES string of the molecule is c1ccc(-c2nc(-c3ccccc3)nc(-c3cccc(-n4c5ccccc5c5c6c7ccccc7n(-c7nc(-c8ccccc8)nc(-c8ccccc8-c8ccccc8)n7)c6ccc54)c3)n2)cc1. The van der Waals surface area contributed by atoms with Gasteiger partial charge in [0.05, 0.1) is 22.1 Å². The Morgan fingerprint density at radius 1 is 0.250 bits per heavy atom. The smallest absolute Gasteiger partial charge is 0.238 e. The normalized spacial score (nSPS) is 11.5. The Labute approximate surface area is 391 Å². The molecule has 0 aliphatic rings. The summed E-state index contributed by atoms with van der Waals surface area (Å²) < 4.78 is 4.56. The van der Waals surface area contributed by atoms with Gasteiger partial charge >= 0.3 is 0 Å². The van der Waals surface area contributed by atoms with Crippen LogP contribution in [0.5, 0.6) is 0 Å². The molecule has 68 heavy (non-hydrogen) atoms. The molecule has 0 atom stereocenters. The summed E-state index contributed by atoms with van der Waals surface area (Å²) >= 11 is 0. The lowest BCUT2D eigenvalue weighted by Gasteiger charge is -2.13. The molecule has 318 valence electrons. The first-order chi connectivity index (χ1) is 33.7. The quantitative estimate of drug-likeness (QED) is 0.151. The minimum Gasteiger partial charge on any atom is -0.309 e. The van der Waals surface area contributed by atoms with Crippen LogP contribution >= 0.6 is 0 Å². The average molecular weight is 871 g/mol. The highest BCUT2D eigenvalue weighted by Gasteiger charge is 2.24. The molecule has 0 unspecified atom stereocenters. The molecule has 0 fully saturated rings. The molecule has 13 aromatic rings. The highest BCUT2D eigenvalue weighted by Crippen LogP contribution is 2.43. The van der Waals surface area contributed by atoms with Crippen molar-refractivity contribution in [3.05, 3.63) is 231 Å². The van der Waals surface area contributed by atoms with Gasteiger partial charge in [-0.1, -0.05) is 194 Å². The Balaban J connectivity index is 1.03. The van der Waals surface area contributed by atoms with Crippen LogP contribution in [0.25, 0.3) is 123 Å². The van der Waals surface area contributed by atoms with Crippen LogP contribution in [0.3, 0.4) is 0 Å². The van der Waals surface area contributed by atoms with Crippen molar-refractivity contribution in [2.45, 2.75) is 0 Å². The van der Waals surface area contributed by atoms with E-state index >= 15 is 0 Å². The van der Waals surface area contributed by atoms with Gasteiger partial charge in [0, 0.05) is 55.0 Å². The number of hydrogen-bond donors (Lipinski definition) is 0. The van der Waals surface area contributed by atoms with E-state index in [1.54, 1.807) is 0 Å². The maximum Gasteiger partial charge on any atom is 0.238 e. The summed E-state index contributed by atoms with van der Waals surface area (Å²) in [6.07, 6.45) is 0. The van der Waals surface area contributed by atoms with Gasteiger partial charge in [-0.15, -0.1) is 0 Å². The highest BCUT2D eigenvalue weighted by atomic mass is 15.2. The molecule has 0 saturated heterocycles. The fourth-order valence-electron chi connectivity index (χ4n) is 9.58. The second-order valence-corrected chi connectivity index (χ2v) is 16.7. The molecule has 0 radical (unpaired) electrons. The number of para-hydroxylation sites is 2. The van der Waals surface area contributed by atoms with Crippen LogP contribution in [-0.2, 0) is 0 Å². The topological polar surface area (TPSA) is 87.2 Å². The average Bonchev–Trinajstić information content (AvgIpc) is 3.95. The third-order valence-electron chi connectivity index (χ3n) is 12.6. The Morgan fingerprint density at radius 2 is 0.647 bits per heavy atom. The van der Waals surface area contributed by atoms with Crippen LogP contribution in [-0.4, -0.2) is 39.0 Å². The number of nitrogens with zero attached hydrogens (tertiary/aromatic N) is 8. The molecular formula is C60H38N8. The van der Waals surface area contributed by atoms with Crippen LogP contribution in [0, 0.1) is 0 Å². The van der Waals surface area contributed by atoms with Gasteiger partial charge < -0.3 is 4.57 Å². The predicted molar refractivity (Wildman–Crippen MR) is 275 cm³/mol. The van der Waals surface area contributed by atoms with E-state index in [1.807, 2.05) is 91.0 Å². The number of rotatable bonds is 8. The molecule has 0 amide bonds. The zero-order valence-corrected chi connectivity index (χ0v) is 36.5. The van der Waals surface area contributed by atoms with Gasteiger partial charge in [0.15, 0.2) is 29.1 Å². The third-order valence-corrected chi connectivity index (χ3v) is 12.6. The van der Waals surface area contributed by atoms with Gasteiger partial charge in [0.1, 0.15) is 0 Å². The number of hydrogen-bond acceptors (Lipinski definition) is 6. The first-order valence-corrected chi connectivity index (χ1v) is 22.6. The molecule has 0 spiro atoms. The summed E-state index contributed by atoms with van der Waals surface area (Å²) in [7, 11) is 0. The van der Waals surface area contributed by atoms with Crippen LogP contribution in [0.1, 0.15) is 0 Å². The summed E-state index contributed by atoms with van der Waals surface area (Å²) in [5.74, 6) is 3.59. The molecule has 0 aliphatic carbocycles. The third kappa shape index (κ3) is 6.62. The highest BCUT2D eigenvalue weighted by molar-refractivity contribution is 6.28. The van der Waals surface area contributed by atoms with Crippen molar-refractivity contribution < 1.29 is 0 Å². The van der Waals surface area contributed by atoms with Crippen molar-refractivity contribution in [3.8, 4) is 79.7 Å². The molecule has 0 N–H and O–H groups in total. The van der Waals surface area contributed by atoms with Crippen LogP contribution < -0.4 is 0 Å². The van der Waals surface area contributed by atoms with E-state index in [-0.39, 0.29) is 0 Å². The molecule has 4 aromatic heterocycles. The second-order valence-electron chi connectivity index (χ2n) is 16.7. The Hall–Kier alpha value is -9.40. The number of fused-ring (bicyclic) bond motifs is 7. The Kier molecular flexibility index (Phi) is 9.31. The summed E-state index contributed by atoms with van der Waals surface area (Å²) in [5, 5.41) is 4.50. The van der Waals surface area contributed by atoms with Gasteiger partial charge in [-0.05, 0) is 47.5 Å². The largest absolute Gasteiger partial charge is 0.309 e. The predicted octanol–water partition coefficient (Wildman–Crippen LogP) is 14.3. The van der Waals surface area contributed by atoms with Crippen molar-refractivity contribution in [1.29, 1.82) is 0 Å². The van der Waals surface area contributed by atoms with E-state index in [9.17, 15) is 0 Å².